The number of urea groups is 1. The van der Waals surface area contributed by atoms with Crippen LogP contribution in [0.3, 0.4) is 0 Å². The Morgan fingerprint density at radius 3 is 2.67 bits per heavy atom. The molecule has 1 saturated carbocycles. The highest BCUT2D eigenvalue weighted by molar-refractivity contribution is 7.14. The third kappa shape index (κ3) is 5.31. The molecule has 1 aromatic rings. The van der Waals surface area contributed by atoms with Gasteiger partial charge < -0.3 is 10.1 Å². The molecule has 3 rings (SSSR count). The van der Waals surface area contributed by atoms with E-state index in [9.17, 15) is 14.4 Å². The second-order valence-electron chi connectivity index (χ2n) is 7.75. The summed E-state index contributed by atoms with van der Waals surface area (Å²) < 4.78 is 5.27. The lowest BCUT2D eigenvalue weighted by Gasteiger charge is -2.23. The Hall–Kier alpha value is -1.89. The predicted molar refractivity (Wildman–Crippen MR) is 104 cm³/mol. The molecule has 0 saturated heterocycles. The minimum atomic E-state index is -1.02. The van der Waals surface area contributed by atoms with Crippen LogP contribution in [0.5, 0.6) is 0 Å². The van der Waals surface area contributed by atoms with Crippen LogP contribution < -0.4 is 10.6 Å². The quantitative estimate of drug-likeness (QED) is 0.767. The molecule has 0 bridgehead atoms. The van der Waals surface area contributed by atoms with E-state index in [-0.39, 0.29) is 6.04 Å². The first-order valence-electron chi connectivity index (χ1n) is 9.86. The van der Waals surface area contributed by atoms with E-state index in [1.54, 1.807) is 0 Å². The van der Waals surface area contributed by atoms with E-state index >= 15 is 0 Å². The molecule has 2 atom stereocenters. The standard InChI is InChI=1S/C20H28N2O4S/c1-12-8-9-16-14(10-12)11-17(27-16)19(24)26-13(2)18(23)22-20(25)21-15-6-4-3-5-7-15/h11-13,15H,3-10H2,1-2H3,(H2,21,22,23,25)/t12-,13-/m1/s1. The van der Waals surface area contributed by atoms with Crippen molar-refractivity contribution in [2.24, 2.45) is 5.92 Å². The number of carbonyl (C=O) groups is 3. The molecule has 0 aliphatic heterocycles. The normalized spacial score (nSPS) is 21.0. The SMILES string of the molecule is C[C@@H]1CCc2sc(C(=O)O[C@H](C)C(=O)NC(=O)NC3CCCCC3)cc2C1. The van der Waals surface area contributed by atoms with Crippen LogP contribution in [0.2, 0.25) is 0 Å². The van der Waals surface area contributed by atoms with E-state index in [0.717, 1.165) is 44.9 Å². The van der Waals surface area contributed by atoms with Gasteiger partial charge in [-0.2, -0.15) is 0 Å². The summed E-state index contributed by atoms with van der Waals surface area (Å²) in [5, 5.41) is 5.09. The van der Waals surface area contributed by atoms with Crippen LogP contribution in [-0.4, -0.2) is 30.1 Å². The van der Waals surface area contributed by atoms with Gasteiger partial charge in [-0.05, 0) is 56.6 Å². The van der Waals surface area contributed by atoms with E-state index in [2.05, 4.69) is 17.6 Å². The van der Waals surface area contributed by atoms with Crippen molar-refractivity contribution < 1.29 is 19.1 Å². The highest BCUT2D eigenvalue weighted by Gasteiger charge is 2.25. The Morgan fingerprint density at radius 1 is 1.19 bits per heavy atom. The number of hydrogen-bond acceptors (Lipinski definition) is 5. The van der Waals surface area contributed by atoms with E-state index in [0.29, 0.717) is 10.8 Å². The van der Waals surface area contributed by atoms with Crippen molar-refractivity contribution in [2.75, 3.05) is 0 Å². The third-order valence-corrected chi connectivity index (χ3v) is 6.58. The van der Waals surface area contributed by atoms with Gasteiger partial charge in [0.2, 0.25) is 0 Å². The molecule has 148 valence electrons. The lowest BCUT2D eigenvalue weighted by Crippen LogP contribution is -2.48. The maximum absolute atomic E-state index is 12.4. The summed E-state index contributed by atoms with van der Waals surface area (Å²) in [6.07, 6.45) is 7.34. The number of esters is 1. The van der Waals surface area contributed by atoms with Crippen LogP contribution in [0.1, 0.15) is 72.5 Å². The van der Waals surface area contributed by atoms with Crippen LogP contribution in [0.15, 0.2) is 6.07 Å². The van der Waals surface area contributed by atoms with Gasteiger partial charge in [-0.15, -0.1) is 11.3 Å². The van der Waals surface area contributed by atoms with Gasteiger partial charge in [0.1, 0.15) is 4.88 Å². The van der Waals surface area contributed by atoms with Crippen molar-refractivity contribution in [3.63, 3.8) is 0 Å². The first-order valence-corrected chi connectivity index (χ1v) is 10.7. The zero-order chi connectivity index (χ0) is 19.4. The third-order valence-electron chi connectivity index (χ3n) is 5.36. The summed E-state index contributed by atoms with van der Waals surface area (Å²) in [5.74, 6) is -0.479. The molecule has 7 heteroatoms. The summed E-state index contributed by atoms with van der Waals surface area (Å²) in [7, 11) is 0. The summed E-state index contributed by atoms with van der Waals surface area (Å²) >= 11 is 1.45. The molecule has 2 N–H and O–H groups in total. The molecule has 2 aliphatic rings. The van der Waals surface area contributed by atoms with Crippen molar-refractivity contribution in [1.29, 1.82) is 0 Å². The zero-order valence-corrected chi connectivity index (χ0v) is 16.8. The Balaban J connectivity index is 1.48. The van der Waals surface area contributed by atoms with Crippen LogP contribution in [-0.2, 0) is 22.4 Å². The molecule has 0 aromatic carbocycles. The van der Waals surface area contributed by atoms with Crippen molar-refractivity contribution in [3.8, 4) is 0 Å². The average Bonchev–Trinajstić information content (AvgIpc) is 3.05. The number of nitrogens with one attached hydrogen (secondary N) is 2. The largest absolute Gasteiger partial charge is 0.448 e. The van der Waals surface area contributed by atoms with Gasteiger partial charge in [0.25, 0.3) is 5.91 Å². The molecule has 27 heavy (non-hydrogen) atoms. The summed E-state index contributed by atoms with van der Waals surface area (Å²) in [6, 6.07) is 1.48. The van der Waals surface area contributed by atoms with Crippen molar-refractivity contribution in [3.05, 3.63) is 21.4 Å². The van der Waals surface area contributed by atoms with E-state index in [4.69, 9.17) is 4.74 Å². The van der Waals surface area contributed by atoms with Crippen LogP contribution in [0, 0.1) is 5.92 Å². The fourth-order valence-corrected chi connectivity index (χ4v) is 4.85. The van der Waals surface area contributed by atoms with Crippen molar-refractivity contribution >= 4 is 29.2 Å². The van der Waals surface area contributed by atoms with Gasteiger partial charge in [-0.25, -0.2) is 9.59 Å². The van der Waals surface area contributed by atoms with Gasteiger partial charge in [-0.1, -0.05) is 26.2 Å². The van der Waals surface area contributed by atoms with Crippen LogP contribution in [0.25, 0.3) is 0 Å². The maximum atomic E-state index is 12.4. The molecule has 0 spiro atoms. The molecule has 2 aliphatic carbocycles. The van der Waals surface area contributed by atoms with Gasteiger partial charge in [0.15, 0.2) is 6.10 Å². The number of imide groups is 1. The van der Waals surface area contributed by atoms with Crippen LogP contribution in [0.4, 0.5) is 4.79 Å². The fourth-order valence-electron chi connectivity index (χ4n) is 3.76. The Morgan fingerprint density at radius 2 is 1.93 bits per heavy atom. The number of aryl methyl sites for hydroxylation is 1. The molecule has 0 radical (unpaired) electrons. The number of carbonyl (C=O) groups excluding carboxylic acids is 3. The number of ether oxygens (including phenoxy) is 1. The monoisotopic (exact) mass is 392 g/mol. The Kier molecular flexibility index (Phi) is 6.52. The van der Waals surface area contributed by atoms with Crippen molar-refractivity contribution in [2.45, 2.75) is 77.4 Å². The van der Waals surface area contributed by atoms with Gasteiger partial charge in [0.05, 0.1) is 0 Å². The van der Waals surface area contributed by atoms with Crippen molar-refractivity contribution in [1.82, 2.24) is 10.6 Å². The second kappa shape index (κ2) is 8.87. The van der Waals surface area contributed by atoms with Crippen LogP contribution >= 0.6 is 11.3 Å². The molecule has 0 unspecified atom stereocenters. The lowest BCUT2D eigenvalue weighted by molar-refractivity contribution is -0.127. The number of rotatable bonds is 4. The first kappa shape index (κ1) is 19.9. The fraction of sp³-hybridized carbons (Fsp3) is 0.650. The van der Waals surface area contributed by atoms with Gasteiger partial charge in [0, 0.05) is 10.9 Å². The van der Waals surface area contributed by atoms with Gasteiger partial charge >= 0.3 is 12.0 Å². The summed E-state index contributed by atoms with van der Waals surface area (Å²) in [4.78, 5) is 38.3. The summed E-state index contributed by atoms with van der Waals surface area (Å²) in [5.41, 5.74) is 1.22. The second-order valence-corrected chi connectivity index (χ2v) is 8.89. The molecule has 1 fully saturated rings. The number of thiophene rings is 1. The highest BCUT2D eigenvalue weighted by atomic mass is 32.1. The minimum absolute atomic E-state index is 0.115. The highest BCUT2D eigenvalue weighted by Crippen LogP contribution is 2.32. The molecule has 1 aromatic heterocycles. The van der Waals surface area contributed by atoms with E-state index in [1.807, 2.05) is 6.07 Å². The summed E-state index contributed by atoms with van der Waals surface area (Å²) in [6.45, 7) is 3.69. The van der Waals surface area contributed by atoms with E-state index < -0.39 is 24.0 Å². The minimum Gasteiger partial charge on any atom is -0.448 e. The number of hydrogen-bond donors (Lipinski definition) is 2. The first-order chi connectivity index (χ1) is 12.9. The maximum Gasteiger partial charge on any atom is 0.349 e. The molecule has 1 heterocycles. The Labute approximate surface area is 164 Å². The zero-order valence-electron chi connectivity index (χ0n) is 16.0. The lowest BCUT2D eigenvalue weighted by atomic mass is 9.90. The number of amides is 3. The number of fused-ring (bicyclic) bond motifs is 1. The predicted octanol–water partition coefficient (Wildman–Crippen LogP) is 3.58. The van der Waals surface area contributed by atoms with Gasteiger partial charge in [-0.3, -0.25) is 10.1 Å². The van der Waals surface area contributed by atoms with E-state index in [1.165, 1.54) is 35.1 Å². The smallest absolute Gasteiger partial charge is 0.349 e. The topological polar surface area (TPSA) is 84.5 Å². The average molecular weight is 393 g/mol. The Bertz CT molecular complexity index is 709. The molecular weight excluding hydrogens is 364 g/mol. The molecule has 6 nitrogen and oxygen atoms in total. The molecular formula is C20H28N2O4S. The molecule has 3 amide bonds.